The number of anilines is 1. The minimum absolute atomic E-state index is 0. The molecule has 0 bridgehead atoms. The Bertz CT molecular complexity index is 691. The summed E-state index contributed by atoms with van der Waals surface area (Å²) >= 11 is 0. The van der Waals surface area contributed by atoms with E-state index in [1.807, 2.05) is 18.3 Å². The molecule has 0 atom stereocenters. The van der Waals surface area contributed by atoms with E-state index in [4.69, 9.17) is 4.74 Å². The zero-order valence-electron chi connectivity index (χ0n) is 19.3. The highest BCUT2D eigenvalue weighted by molar-refractivity contribution is 14.0. The van der Waals surface area contributed by atoms with Crippen molar-refractivity contribution in [2.45, 2.75) is 25.3 Å². The highest BCUT2D eigenvalue weighted by Gasteiger charge is 2.21. The van der Waals surface area contributed by atoms with Crippen molar-refractivity contribution < 1.29 is 9.53 Å². The van der Waals surface area contributed by atoms with Gasteiger partial charge in [-0.15, -0.1) is 24.0 Å². The lowest BCUT2D eigenvalue weighted by atomic mass is 10.1. The summed E-state index contributed by atoms with van der Waals surface area (Å²) in [5.74, 6) is 1.76. The van der Waals surface area contributed by atoms with Crippen molar-refractivity contribution in [3.8, 4) is 0 Å². The molecule has 1 aromatic rings. The van der Waals surface area contributed by atoms with E-state index < -0.39 is 0 Å². The third-order valence-electron chi connectivity index (χ3n) is 5.73. The predicted molar refractivity (Wildman–Crippen MR) is 139 cm³/mol. The van der Waals surface area contributed by atoms with Crippen LogP contribution >= 0.6 is 24.0 Å². The van der Waals surface area contributed by atoms with E-state index in [-0.39, 0.29) is 36.4 Å². The maximum atomic E-state index is 12.0. The molecule has 2 aliphatic rings. The number of carbonyl (C=O) groups is 1. The molecule has 2 aliphatic heterocycles. The van der Waals surface area contributed by atoms with Gasteiger partial charge in [0.05, 0.1) is 13.2 Å². The molecule has 0 radical (unpaired) electrons. The molecule has 1 aromatic heterocycles. The number of piperidine rings is 1. The topological polar surface area (TPSA) is 85.3 Å². The van der Waals surface area contributed by atoms with Gasteiger partial charge >= 0.3 is 0 Å². The number of halogens is 1. The second-order valence-electron chi connectivity index (χ2n) is 8.28. The van der Waals surface area contributed by atoms with Crippen LogP contribution in [0.5, 0.6) is 0 Å². The third-order valence-corrected chi connectivity index (χ3v) is 5.73. The number of nitrogens with zero attached hydrogens (tertiary/aromatic N) is 5. The molecule has 2 N–H and O–H groups in total. The molecule has 10 heteroatoms. The normalized spacial score (nSPS) is 18.1. The Hall–Kier alpha value is -1.66. The second-order valence-corrected chi connectivity index (χ2v) is 8.28. The molecule has 3 heterocycles. The Morgan fingerprint density at radius 3 is 2.62 bits per heavy atom. The van der Waals surface area contributed by atoms with Gasteiger partial charge in [0.25, 0.3) is 0 Å². The lowest BCUT2D eigenvalue weighted by molar-refractivity contribution is -0.127. The summed E-state index contributed by atoms with van der Waals surface area (Å²) in [5.41, 5.74) is 0. The van der Waals surface area contributed by atoms with Crippen LogP contribution in [0.4, 0.5) is 5.82 Å². The van der Waals surface area contributed by atoms with E-state index in [1.165, 1.54) is 0 Å². The summed E-state index contributed by atoms with van der Waals surface area (Å²) in [6, 6.07) is 6.36. The quantitative estimate of drug-likeness (QED) is 0.213. The molecule has 180 valence electrons. The Morgan fingerprint density at radius 1 is 1.22 bits per heavy atom. The summed E-state index contributed by atoms with van der Waals surface area (Å²) in [7, 11) is 3.52. The van der Waals surface area contributed by atoms with Crippen molar-refractivity contribution in [2.75, 3.05) is 78.0 Å². The minimum atomic E-state index is -0.000567. The largest absolute Gasteiger partial charge is 0.379 e. The Kier molecular flexibility index (Phi) is 12.0. The molecular formula is C22H38IN7O2. The zero-order valence-corrected chi connectivity index (χ0v) is 21.7. The number of rotatable bonds is 8. The minimum Gasteiger partial charge on any atom is -0.379 e. The van der Waals surface area contributed by atoms with Gasteiger partial charge in [0.2, 0.25) is 5.91 Å². The molecular weight excluding hydrogens is 521 g/mol. The van der Waals surface area contributed by atoms with Crippen LogP contribution in [0.25, 0.3) is 0 Å². The molecule has 0 saturated carbocycles. The van der Waals surface area contributed by atoms with Gasteiger partial charge in [0, 0.05) is 59.1 Å². The number of likely N-dealkylation sites (N-methyl/N-ethyl adjacent to an activating group) is 1. The number of morpholine rings is 1. The van der Waals surface area contributed by atoms with Gasteiger partial charge in [-0.2, -0.15) is 0 Å². The van der Waals surface area contributed by atoms with E-state index in [2.05, 4.69) is 36.5 Å². The number of guanidine groups is 1. The number of hydrogen-bond donors (Lipinski definition) is 2. The molecule has 32 heavy (non-hydrogen) atoms. The van der Waals surface area contributed by atoms with Gasteiger partial charge in [-0.1, -0.05) is 6.07 Å². The molecule has 1 amide bonds. The molecule has 0 aliphatic carbocycles. The number of amides is 1. The van der Waals surface area contributed by atoms with Crippen LogP contribution in [-0.2, 0) is 9.53 Å². The molecule has 2 saturated heterocycles. The molecule has 0 aromatic carbocycles. The Balaban J connectivity index is 0.00000363. The van der Waals surface area contributed by atoms with Gasteiger partial charge in [-0.05, 0) is 37.9 Å². The summed E-state index contributed by atoms with van der Waals surface area (Å²) in [4.78, 5) is 27.3. The smallest absolute Gasteiger partial charge is 0.243 e. The number of aromatic nitrogens is 1. The summed E-state index contributed by atoms with van der Waals surface area (Å²) in [6.07, 6.45) is 4.88. The van der Waals surface area contributed by atoms with Crippen molar-refractivity contribution >= 4 is 41.7 Å². The van der Waals surface area contributed by atoms with E-state index in [1.54, 1.807) is 19.0 Å². The fraction of sp³-hybridized carbons (Fsp3) is 0.682. The third kappa shape index (κ3) is 9.07. The first kappa shape index (κ1) is 26.6. The van der Waals surface area contributed by atoms with Crippen LogP contribution < -0.4 is 15.5 Å². The van der Waals surface area contributed by atoms with E-state index in [0.29, 0.717) is 6.04 Å². The van der Waals surface area contributed by atoms with E-state index >= 15 is 0 Å². The first-order valence-electron chi connectivity index (χ1n) is 11.3. The van der Waals surface area contributed by atoms with Crippen molar-refractivity contribution in [1.29, 1.82) is 0 Å². The molecule has 2 fully saturated rings. The number of carbonyl (C=O) groups excluding carboxylic acids is 1. The lowest BCUT2D eigenvalue weighted by Crippen LogP contribution is -2.49. The SMILES string of the molecule is CN(C)C(=O)CN=C(NCCCN1CCOCC1)NC1CCN(c2ccccn2)CC1.I. The molecule has 0 spiro atoms. The van der Waals surface area contributed by atoms with Gasteiger partial charge < -0.3 is 25.2 Å². The number of ether oxygens (including phenoxy) is 1. The lowest BCUT2D eigenvalue weighted by Gasteiger charge is -2.34. The fourth-order valence-electron chi connectivity index (χ4n) is 3.76. The Morgan fingerprint density at radius 2 is 1.97 bits per heavy atom. The average molecular weight is 559 g/mol. The van der Waals surface area contributed by atoms with E-state index in [0.717, 1.165) is 83.5 Å². The van der Waals surface area contributed by atoms with Gasteiger partial charge in [0.1, 0.15) is 12.4 Å². The van der Waals surface area contributed by atoms with Crippen LogP contribution in [0.1, 0.15) is 19.3 Å². The molecule has 0 unspecified atom stereocenters. The van der Waals surface area contributed by atoms with Gasteiger partial charge in [-0.25, -0.2) is 9.98 Å². The Labute approximate surface area is 209 Å². The van der Waals surface area contributed by atoms with Crippen molar-refractivity contribution in [2.24, 2.45) is 4.99 Å². The first-order valence-corrected chi connectivity index (χ1v) is 11.3. The highest BCUT2D eigenvalue weighted by atomic mass is 127. The molecule has 3 rings (SSSR count). The number of hydrogen-bond acceptors (Lipinski definition) is 6. The first-order chi connectivity index (χ1) is 15.1. The van der Waals surface area contributed by atoms with Crippen molar-refractivity contribution in [1.82, 2.24) is 25.4 Å². The summed E-state index contributed by atoms with van der Waals surface area (Å²) < 4.78 is 5.41. The average Bonchev–Trinajstić information content (AvgIpc) is 2.81. The molecule has 9 nitrogen and oxygen atoms in total. The summed E-state index contributed by atoms with van der Waals surface area (Å²) in [6.45, 7) is 7.59. The number of nitrogens with one attached hydrogen (secondary N) is 2. The van der Waals surface area contributed by atoms with Gasteiger partial charge in [-0.3, -0.25) is 9.69 Å². The van der Waals surface area contributed by atoms with Crippen LogP contribution in [0.15, 0.2) is 29.4 Å². The number of pyridine rings is 1. The van der Waals surface area contributed by atoms with E-state index in [9.17, 15) is 4.79 Å². The van der Waals surface area contributed by atoms with Crippen LogP contribution in [0, 0.1) is 0 Å². The monoisotopic (exact) mass is 559 g/mol. The van der Waals surface area contributed by atoms with Crippen LogP contribution in [-0.4, -0.2) is 106 Å². The van der Waals surface area contributed by atoms with Crippen molar-refractivity contribution in [3.63, 3.8) is 0 Å². The van der Waals surface area contributed by atoms with Crippen LogP contribution in [0.2, 0.25) is 0 Å². The van der Waals surface area contributed by atoms with Gasteiger partial charge in [0.15, 0.2) is 5.96 Å². The maximum absolute atomic E-state index is 12.0. The number of aliphatic imine (C=N–C) groups is 1. The second kappa shape index (κ2) is 14.5. The van der Waals surface area contributed by atoms with Crippen molar-refractivity contribution in [3.05, 3.63) is 24.4 Å². The highest BCUT2D eigenvalue weighted by Crippen LogP contribution is 2.17. The fourth-order valence-corrected chi connectivity index (χ4v) is 3.76. The summed E-state index contributed by atoms with van der Waals surface area (Å²) in [5, 5.41) is 6.98. The zero-order chi connectivity index (χ0) is 21.9. The van der Waals surface area contributed by atoms with Crippen LogP contribution in [0.3, 0.4) is 0 Å². The predicted octanol–water partition coefficient (Wildman–Crippen LogP) is 1.01. The maximum Gasteiger partial charge on any atom is 0.243 e. The standard InChI is InChI=1S/C22H37N7O2.HI/c1-27(2)21(30)18-25-22(24-10-5-11-28-14-16-31-17-15-28)26-19-7-12-29(13-8-19)20-6-3-4-9-23-20;/h3-4,6,9,19H,5,7-8,10-18H2,1-2H3,(H2,24,25,26);1H.